The van der Waals surface area contributed by atoms with Gasteiger partial charge < -0.3 is 4.74 Å². The molecule has 0 unspecified atom stereocenters. The molecule has 0 aliphatic carbocycles. The van der Waals surface area contributed by atoms with Crippen molar-refractivity contribution < 1.29 is 4.74 Å². The standard InChI is InChI=1S/C15H13Cl2N3O/c1-9-7-15-18-6-5-13(20(15)19-9)10(2)21-14-4-3-11(16)8-12(14)17/h3-8,10H,1-2H3/t10-/m0/s1. The van der Waals surface area contributed by atoms with Crippen LogP contribution >= 0.6 is 23.2 Å². The van der Waals surface area contributed by atoms with E-state index in [1.54, 1.807) is 28.9 Å². The van der Waals surface area contributed by atoms with E-state index in [9.17, 15) is 0 Å². The molecule has 2 heterocycles. The lowest BCUT2D eigenvalue weighted by Gasteiger charge is -2.16. The molecule has 1 atom stereocenters. The molecular weight excluding hydrogens is 309 g/mol. The number of benzene rings is 1. The third kappa shape index (κ3) is 2.82. The molecule has 0 saturated heterocycles. The van der Waals surface area contributed by atoms with Crippen LogP contribution in [0, 0.1) is 6.92 Å². The fourth-order valence-electron chi connectivity index (χ4n) is 2.16. The first-order valence-electron chi connectivity index (χ1n) is 6.47. The van der Waals surface area contributed by atoms with Crippen LogP contribution < -0.4 is 4.74 Å². The predicted molar refractivity (Wildman–Crippen MR) is 83.2 cm³/mol. The molecule has 6 heteroatoms. The van der Waals surface area contributed by atoms with E-state index in [2.05, 4.69) is 10.1 Å². The molecule has 3 aromatic rings. The summed E-state index contributed by atoms with van der Waals surface area (Å²) in [6.07, 6.45) is 1.52. The zero-order valence-electron chi connectivity index (χ0n) is 11.5. The molecule has 1 aromatic carbocycles. The summed E-state index contributed by atoms with van der Waals surface area (Å²) < 4.78 is 7.71. The van der Waals surface area contributed by atoms with Gasteiger partial charge >= 0.3 is 0 Å². The lowest BCUT2D eigenvalue weighted by molar-refractivity contribution is 0.219. The van der Waals surface area contributed by atoms with E-state index in [0.717, 1.165) is 17.0 Å². The van der Waals surface area contributed by atoms with Gasteiger partial charge in [0.1, 0.15) is 11.9 Å². The normalized spacial score (nSPS) is 12.6. The summed E-state index contributed by atoms with van der Waals surface area (Å²) in [6, 6.07) is 8.97. The molecular formula is C15H13Cl2N3O. The summed E-state index contributed by atoms with van der Waals surface area (Å²) >= 11 is 12.0. The van der Waals surface area contributed by atoms with Crippen LogP contribution in [-0.4, -0.2) is 14.6 Å². The Hall–Kier alpha value is -1.78. The second-order valence-corrected chi connectivity index (χ2v) is 5.60. The number of aromatic nitrogens is 3. The Morgan fingerprint density at radius 3 is 2.76 bits per heavy atom. The van der Waals surface area contributed by atoms with E-state index >= 15 is 0 Å². The van der Waals surface area contributed by atoms with Crippen LogP contribution in [0.25, 0.3) is 5.65 Å². The van der Waals surface area contributed by atoms with Crippen molar-refractivity contribution in [2.24, 2.45) is 0 Å². The van der Waals surface area contributed by atoms with E-state index in [1.165, 1.54) is 0 Å². The Balaban J connectivity index is 1.95. The molecule has 21 heavy (non-hydrogen) atoms. The molecule has 0 aliphatic heterocycles. The highest BCUT2D eigenvalue weighted by Gasteiger charge is 2.14. The van der Waals surface area contributed by atoms with Gasteiger partial charge in [-0.05, 0) is 38.1 Å². The third-order valence-electron chi connectivity index (χ3n) is 3.12. The summed E-state index contributed by atoms with van der Waals surface area (Å²) in [5, 5.41) is 5.49. The molecule has 4 nitrogen and oxygen atoms in total. The van der Waals surface area contributed by atoms with Crippen molar-refractivity contribution in [3.8, 4) is 5.75 Å². The number of fused-ring (bicyclic) bond motifs is 1. The smallest absolute Gasteiger partial charge is 0.155 e. The number of hydrogen-bond acceptors (Lipinski definition) is 3. The highest BCUT2D eigenvalue weighted by atomic mass is 35.5. The molecule has 0 N–H and O–H groups in total. The van der Waals surface area contributed by atoms with Crippen molar-refractivity contribution in [1.29, 1.82) is 0 Å². The first-order valence-corrected chi connectivity index (χ1v) is 7.23. The third-order valence-corrected chi connectivity index (χ3v) is 3.65. The summed E-state index contributed by atoms with van der Waals surface area (Å²) in [7, 11) is 0. The maximum atomic E-state index is 6.14. The van der Waals surface area contributed by atoms with Gasteiger partial charge in [-0.15, -0.1) is 0 Å². The first-order chi connectivity index (χ1) is 10.0. The fourth-order valence-corrected chi connectivity index (χ4v) is 2.61. The molecule has 3 rings (SSSR count). The number of hydrogen-bond donors (Lipinski definition) is 0. The zero-order valence-corrected chi connectivity index (χ0v) is 13.1. The minimum Gasteiger partial charge on any atom is -0.483 e. The van der Waals surface area contributed by atoms with Crippen molar-refractivity contribution >= 4 is 28.8 Å². The van der Waals surface area contributed by atoms with Gasteiger partial charge in [-0.3, -0.25) is 0 Å². The van der Waals surface area contributed by atoms with E-state index < -0.39 is 0 Å². The number of aryl methyl sites for hydroxylation is 1. The van der Waals surface area contributed by atoms with Gasteiger partial charge in [0.05, 0.1) is 16.4 Å². The van der Waals surface area contributed by atoms with Gasteiger partial charge in [0.2, 0.25) is 0 Å². The van der Waals surface area contributed by atoms with Crippen LogP contribution in [0.2, 0.25) is 10.0 Å². The number of rotatable bonds is 3. The Labute approximate surface area is 132 Å². The Kier molecular flexibility index (Phi) is 3.74. The summed E-state index contributed by atoms with van der Waals surface area (Å²) in [5.74, 6) is 0.586. The van der Waals surface area contributed by atoms with Gasteiger partial charge in [-0.1, -0.05) is 23.2 Å². The molecule has 0 fully saturated rings. The predicted octanol–water partition coefficient (Wildman–Crippen LogP) is 4.48. The minimum atomic E-state index is -0.228. The number of ether oxygens (including phenoxy) is 1. The van der Waals surface area contributed by atoms with Crippen molar-refractivity contribution in [1.82, 2.24) is 14.6 Å². The second-order valence-electron chi connectivity index (χ2n) is 4.76. The lowest BCUT2D eigenvalue weighted by atomic mass is 10.2. The molecule has 0 spiro atoms. The summed E-state index contributed by atoms with van der Waals surface area (Å²) in [4.78, 5) is 4.28. The molecule has 0 amide bonds. The second kappa shape index (κ2) is 5.54. The first kappa shape index (κ1) is 14.2. The molecule has 2 aromatic heterocycles. The minimum absolute atomic E-state index is 0.228. The fraction of sp³-hybridized carbons (Fsp3) is 0.200. The van der Waals surface area contributed by atoms with Gasteiger partial charge in [-0.25, -0.2) is 9.50 Å². The van der Waals surface area contributed by atoms with Gasteiger partial charge in [0, 0.05) is 17.3 Å². The van der Waals surface area contributed by atoms with Gasteiger partial charge in [0.15, 0.2) is 5.65 Å². The maximum Gasteiger partial charge on any atom is 0.155 e. The van der Waals surface area contributed by atoms with Crippen LogP contribution in [0.15, 0.2) is 36.5 Å². The highest BCUT2D eigenvalue weighted by molar-refractivity contribution is 6.35. The van der Waals surface area contributed by atoms with Crippen LogP contribution in [0.1, 0.15) is 24.4 Å². The molecule has 0 aliphatic rings. The Morgan fingerprint density at radius 2 is 2.00 bits per heavy atom. The average Bonchev–Trinajstić information content (AvgIpc) is 2.81. The SMILES string of the molecule is Cc1cc2nccc([C@H](C)Oc3ccc(Cl)cc3Cl)n2n1. The largest absolute Gasteiger partial charge is 0.483 e. The van der Waals surface area contributed by atoms with Gasteiger partial charge in [-0.2, -0.15) is 5.10 Å². The maximum absolute atomic E-state index is 6.14. The lowest BCUT2D eigenvalue weighted by Crippen LogP contribution is -2.10. The van der Waals surface area contributed by atoms with E-state index in [0.29, 0.717) is 15.8 Å². The van der Waals surface area contributed by atoms with Crippen LogP contribution in [0.4, 0.5) is 0 Å². The topological polar surface area (TPSA) is 39.4 Å². The van der Waals surface area contributed by atoms with Crippen LogP contribution in [0.3, 0.4) is 0 Å². The van der Waals surface area contributed by atoms with Crippen molar-refractivity contribution in [3.05, 3.63) is 58.0 Å². The van der Waals surface area contributed by atoms with Crippen molar-refractivity contribution in [3.63, 3.8) is 0 Å². The van der Waals surface area contributed by atoms with Crippen molar-refractivity contribution in [2.45, 2.75) is 20.0 Å². The Morgan fingerprint density at radius 1 is 1.19 bits per heavy atom. The number of halogens is 2. The van der Waals surface area contributed by atoms with E-state index in [-0.39, 0.29) is 6.10 Å². The summed E-state index contributed by atoms with van der Waals surface area (Å²) in [5.41, 5.74) is 2.61. The van der Waals surface area contributed by atoms with Crippen LogP contribution in [0.5, 0.6) is 5.75 Å². The summed E-state index contributed by atoms with van der Waals surface area (Å²) in [6.45, 7) is 3.87. The average molecular weight is 322 g/mol. The van der Waals surface area contributed by atoms with Gasteiger partial charge in [0.25, 0.3) is 0 Å². The zero-order chi connectivity index (χ0) is 15.0. The molecule has 0 bridgehead atoms. The monoisotopic (exact) mass is 321 g/mol. The molecule has 0 radical (unpaired) electrons. The molecule has 108 valence electrons. The van der Waals surface area contributed by atoms with E-state index in [4.69, 9.17) is 27.9 Å². The van der Waals surface area contributed by atoms with E-state index in [1.807, 2.05) is 26.0 Å². The van der Waals surface area contributed by atoms with Crippen molar-refractivity contribution in [2.75, 3.05) is 0 Å². The molecule has 0 saturated carbocycles. The number of nitrogens with zero attached hydrogens (tertiary/aromatic N) is 3. The highest BCUT2D eigenvalue weighted by Crippen LogP contribution is 2.31. The van der Waals surface area contributed by atoms with Crippen LogP contribution in [-0.2, 0) is 0 Å². The quantitative estimate of drug-likeness (QED) is 0.713. The Bertz CT molecular complexity index is 801.